The first kappa shape index (κ1) is 19.4. The van der Waals surface area contributed by atoms with E-state index in [0.717, 1.165) is 11.3 Å². The molecule has 8 nitrogen and oxygen atoms in total. The highest BCUT2D eigenvalue weighted by atomic mass is 16.5. The van der Waals surface area contributed by atoms with Crippen LogP contribution in [-0.2, 0) is 11.3 Å². The number of hydrogen-bond acceptors (Lipinski definition) is 5. The van der Waals surface area contributed by atoms with Gasteiger partial charge in [0, 0.05) is 0 Å². The van der Waals surface area contributed by atoms with Crippen LogP contribution in [0.4, 0.5) is 5.69 Å². The second-order valence-corrected chi connectivity index (χ2v) is 6.74. The number of nitrogens with one attached hydrogen (secondary N) is 1. The number of benzene rings is 2. The predicted octanol–water partition coefficient (Wildman–Crippen LogP) is 2.93. The van der Waals surface area contributed by atoms with Crippen LogP contribution in [0.2, 0.25) is 0 Å². The number of nitrogens with zero attached hydrogens (tertiary/aromatic N) is 4. The van der Waals surface area contributed by atoms with Gasteiger partial charge in [0.25, 0.3) is 5.56 Å². The van der Waals surface area contributed by atoms with Gasteiger partial charge in [-0.25, -0.2) is 9.67 Å². The minimum atomic E-state index is -0.350. The molecule has 0 spiro atoms. The van der Waals surface area contributed by atoms with E-state index in [4.69, 9.17) is 4.74 Å². The Balaban J connectivity index is 1.60. The quantitative estimate of drug-likeness (QED) is 0.535. The number of aryl methyl sites for hydroxylation is 1. The molecule has 0 saturated carbocycles. The van der Waals surface area contributed by atoms with Crippen molar-refractivity contribution >= 4 is 22.6 Å². The number of carbonyl (C=O) groups is 1. The Morgan fingerprint density at radius 2 is 1.90 bits per heavy atom. The summed E-state index contributed by atoms with van der Waals surface area (Å²) in [5, 5.41) is 7.47. The monoisotopic (exact) mass is 403 g/mol. The lowest BCUT2D eigenvalue weighted by molar-refractivity contribution is -0.116. The summed E-state index contributed by atoms with van der Waals surface area (Å²) < 4.78 is 8.42. The first-order valence-electron chi connectivity index (χ1n) is 9.59. The topological polar surface area (TPSA) is 91.0 Å². The number of amides is 1. The molecule has 1 amide bonds. The number of rotatable bonds is 6. The Labute approximate surface area is 172 Å². The van der Waals surface area contributed by atoms with Crippen LogP contribution in [0, 0.1) is 6.92 Å². The second-order valence-electron chi connectivity index (χ2n) is 6.74. The van der Waals surface area contributed by atoms with Gasteiger partial charge in [-0.15, -0.1) is 0 Å². The van der Waals surface area contributed by atoms with Crippen molar-refractivity contribution in [3.63, 3.8) is 0 Å². The highest BCUT2D eigenvalue weighted by Crippen LogP contribution is 2.23. The van der Waals surface area contributed by atoms with E-state index in [2.05, 4.69) is 15.4 Å². The van der Waals surface area contributed by atoms with Gasteiger partial charge in [0.2, 0.25) is 5.91 Å². The lowest BCUT2D eigenvalue weighted by Gasteiger charge is -2.12. The molecule has 2 aromatic carbocycles. The van der Waals surface area contributed by atoms with Gasteiger partial charge in [0.05, 0.1) is 24.2 Å². The maximum Gasteiger partial charge on any atom is 0.264 e. The fourth-order valence-corrected chi connectivity index (χ4v) is 3.23. The number of aromatic nitrogens is 4. The van der Waals surface area contributed by atoms with Crippen molar-refractivity contribution in [2.75, 3.05) is 11.9 Å². The first-order chi connectivity index (χ1) is 14.6. The summed E-state index contributed by atoms with van der Waals surface area (Å²) in [6, 6.07) is 14.9. The minimum absolute atomic E-state index is 0.169. The van der Waals surface area contributed by atoms with Crippen LogP contribution in [0.3, 0.4) is 0 Å². The fraction of sp³-hybridized carbons (Fsp3) is 0.182. The van der Waals surface area contributed by atoms with Crippen molar-refractivity contribution in [1.29, 1.82) is 0 Å². The van der Waals surface area contributed by atoms with Gasteiger partial charge in [-0.1, -0.05) is 30.3 Å². The van der Waals surface area contributed by atoms with Crippen LogP contribution in [0.5, 0.6) is 5.75 Å². The molecule has 0 aliphatic heterocycles. The van der Waals surface area contributed by atoms with E-state index >= 15 is 0 Å². The van der Waals surface area contributed by atoms with Gasteiger partial charge >= 0.3 is 0 Å². The molecule has 30 heavy (non-hydrogen) atoms. The lowest BCUT2D eigenvalue weighted by atomic mass is 10.2. The Hall–Kier alpha value is -3.94. The summed E-state index contributed by atoms with van der Waals surface area (Å²) in [4.78, 5) is 29.8. The SMILES string of the molecule is CCOc1ccccc1NC(=O)Cn1cnc2c(cnn2-c2ccccc2C)c1=O. The van der Waals surface area contributed by atoms with Crippen molar-refractivity contribution in [3.05, 3.63) is 77.0 Å². The third-order valence-electron chi connectivity index (χ3n) is 4.67. The molecule has 0 unspecified atom stereocenters. The van der Waals surface area contributed by atoms with Gasteiger partial charge in [-0.3, -0.25) is 14.2 Å². The van der Waals surface area contributed by atoms with Crippen molar-refractivity contribution < 1.29 is 9.53 Å². The van der Waals surface area contributed by atoms with E-state index in [1.54, 1.807) is 22.9 Å². The summed E-state index contributed by atoms with van der Waals surface area (Å²) in [6.07, 6.45) is 2.85. The molecule has 2 aromatic heterocycles. The van der Waals surface area contributed by atoms with Gasteiger partial charge < -0.3 is 10.1 Å². The van der Waals surface area contributed by atoms with Crippen LogP contribution in [0.1, 0.15) is 12.5 Å². The minimum Gasteiger partial charge on any atom is -0.492 e. The molecule has 0 radical (unpaired) electrons. The largest absolute Gasteiger partial charge is 0.492 e. The molecule has 0 atom stereocenters. The smallest absolute Gasteiger partial charge is 0.264 e. The molecule has 0 bridgehead atoms. The van der Waals surface area contributed by atoms with Crippen molar-refractivity contribution in [2.24, 2.45) is 0 Å². The number of fused-ring (bicyclic) bond motifs is 1. The molecule has 0 saturated heterocycles. The molecule has 152 valence electrons. The zero-order chi connectivity index (χ0) is 21.1. The van der Waals surface area contributed by atoms with Gasteiger partial charge in [-0.2, -0.15) is 5.10 Å². The number of anilines is 1. The number of ether oxygens (including phenoxy) is 1. The Morgan fingerprint density at radius 1 is 1.13 bits per heavy atom. The number of carbonyl (C=O) groups excluding carboxylic acids is 1. The van der Waals surface area contributed by atoms with E-state index < -0.39 is 0 Å². The van der Waals surface area contributed by atoms with Crippen LogP contribution < -0.4 is 15.6 Å². The molecule has 0 aliphatic carbocycles. The van der Waals surface area contributed by atoms with Crippen molar-refractivity contribution in [1.82, 2.24) is 19.3 Å². The summed E-state index contributed by atoms with van der Waals surface area (Å²) in [7, 11) is 0. The maximum absolute atomic E-state index is 12.9. The molecule has 4 aromatic rings. The second kappa shape index (κ2) is 8.20. The number of para-hydroxylation sites is 3. The Bertz CT molecular complexity index is 1280. The van der Waals surface area contributed by atoms with E-state index in [0.29, 0.717) is 29.1 Å². The molecule has 1 N–H and O–H groups in total. The average molecular weight is 403 g/mol. The summed E-state index contributed by atoms with van der Waals surface area (Å²) in [5.74, 6) is 0.227. The van der Waals surface area contributed by atoms with E-state index in [-0.39, 0.29) is 18.0 Å². The third-order valence-corrected chi connectivity index (χ3v) is 4.67. The van der Waals surface area contributed by atoms with Crippen molar-refractivity contribution in [2.45, 2.75) is 20.4 Å². The Morgan fingerprint density at radius 3 is 2.70 bits per heavy atom. The zero-order valence-electron chi connectivity index (χ0n) is 16.7. The highest BCUT2D eigenvalue weighted by molar-refractivity contribution is 5.92. The standard InChI is InChI=1S/C22H21N5O3/c1-3-30-19-11-7-5-9-17(19)25-20(28)13-26-14-23-21-16(22(26)29)12-24-27(21)18-10-6-4-8-15(18)2/h4-12,14H,3,13H2,1-2H3,(H,25,28). The Kier molecular flexibility index (Phi) is 5.30. The zero-order valence-corrected chi connectivity index (χ0v) is 16.7. The molecule has 2 heterocycles. The van der Waals surface area contributed by atoms with Crippen LogP contribution in [0.25, 0.3) is 16.7 Å². The van der Waals surface area contributed by atoms with E-state index in [1.165, 1.54) is 17.1 Å². The summed E-state index contributed by atoms with van der Waals surface area (Å²) in [5.41, 5.74) is 2.54. The lowest BCUT2D eigenvalue weighted by Crippen LogP contribution is -2.28. The van der Waals surface area contributed by atoms with E-state index in [1.807, 2.05) is 44.2 Å². The number of hydrogen-bond donors (Lipinski definition) is 1. The summed E-state index contributed by atoms with van der Waals surface area (Å²) >= 11 is 0. The highest BCUT2D eigenvalue weighted by Gasteiger charge is 2.15. The molecule has 8 heteroatoms. The van der Waals surface area contributed by atoms with Crippen LogP contribution >= 0.6 is 0 Å². The molecule has 4 rings (SSSR count). The molecular formula is C22H21N5O3. The third kappa shape index (κ3) is 3.67. The fourth-order valence-electron chi connectivity index (χ4n) is 3.23. The molecule has 0 fully saturated rings. The molecule has 0 aliphatic rings. The van der Waals surface area contributed by atoms with Gasteiger partial charge in [0.1, 0.15) is 24.0 Å². The summed E-state index contributed by atoms with van der Waals surface area (Å²) in [6.45, 7) is 4.15. The van der Waals surface area contributed by atoms with Gasteiger partial charge in [-0.05, 0) is 37.6 Å². The maximum atomic E-state index is 12.9. The molecular weight excluding hydrogens is 382 g/mol. The normalized spacial score (nSPS) is 10.9. The van der Waals surface area contributed by atoms with Crippen LogP contribution in [-0.4, -0.2) is 31.8 Å². The predicted molar refractivity (Wildman–Crippen MR) is 114 cm³/mol. The van der Waals surface area contributed by atoms with E-state index in [9.17, 15) is 9.59 Å². The first-order valence-corrected chi connectivity index (χ1v) is 9.59. The van der Waals surface area contributed by atoms with Gasteiger partial charge in [0.15, 0.2) is 5.65 Å². The van der Waals surface area contributed by atoms with Crippen LogP contribution in [0.15, 0.2) is 65.8 Å². The van der Waals surface area contributed by atoms with Crippen molar-refractivity contribution in [3.8, 4) is 11.4 Å². The average Bonchev–Trinajstić information content (AvgIpc) is 3.17.